The molecule has 0 bridgehead atoms. The van der Waals surface area contributed by atoms with Gasteiger partial charge in [0.15, 0.2) is 0 Å². The minimum atomic E-state index is -3.73. The molecule has 3 aromatic rings. The first kappa shape index (κ1) is 19.2. The van der Waals surface area contributed by atoms with Crippen LogP contribution in [0.25, 0.3) is 10.9 Å². The van der Waals surface area contributed by atoms with Crippen molar-refractivity contribution in [2.45, 2.75) is 31.6 Å². The highest BCUT2D eigenvalue weighted by Crippen LogP contribution is 2.23. The normalized spacial score (nSPS) is 14.1. The highest BCUT2D eigenvalue weighted by Gasteiger charge is 2.19. The Morgan fingerprint density at radius 1 is 1.14 bits per heavy atom. The first-order chi connectivity index (χ1) is 13.8. The highest BCUT2D eigenvalue weighted by atomic mass is 32.2. The number of aryl methyl sites for hydroxylation is 2. The van der Waals surface area contributed by atoms with Crippen LogP contribution in [0, 0.1) is 13.8 Å². The molecule has 2 heterocycles. The van der Waals surface area contributed by atoms with E-state index in [-0.39, 0.29) is 10.8 Å². The van der Waals surface area contributed by atoms with Crippen molar-refractivity contribution >= 4 is 38.4 Å². The zero-order valence-electron chi connectivity index (χ0n) is 16.2. The Bertz CT molecular complexity index is 1240. The minimum Gasteiger partial charge on any atom is -0.358 e. The Hall–Kier alpha value is -3.13. The van der Waals surface area contributed by atoms with Crippen LogP contribution in [0.4, 0.5) is 5.69 Å². The van der Waals surface area contributed by atoms with E-state index in [1.54, 1.807) is 18.2 Å². The number of sulfonamides is 1. The van der Waals surface area contributed by atoms with Gasteiger partial charge >= 0.3 is 0 Å². The Balaban J connectivity index is 1.56. The van der Waals surface area contributed by atoms with Crippen LogP contribution in [0.2, 0.25) is 0 Å². The number of amides is 1. The molecule has 0 aliphatic carbocycles. The number of hydrogen-bond acceptors (Lipinski definition) is 4. The second-order valence-corrected chi connectivity index (χ2v) is 8.84. The van der Waals surface area contributed by atoms with Gasteiger partial charge in [-0.1, -0.05) is 6.07 Å². The lowest BCUT2D eigenvalue weighted by atomic mass is 10.1. The number of carbonyl (C=O) groups is 1. The molecule has 0 saturated heterocycles. The maximum absolute atomic E-state index is 12.7. The summed E-state index contributed by atoms with van der Waals surface area (Å²) in [7, 11) is -3.73. The van der Waals surface area contributed by atoms with Crippen LogP contribution in [0.1, 0.15) is 34.5 Å². The molecule has 0 spiro atoms. The molecule has 0 atom stereocenters. The summed E-state index contributed by atoms with van der Waals surface area (Å²) in [5.41, 5.74) is 4.06. The number of nitrogens with zero attached hydrogens (tertiary/aromatic N) is 1. The number of fused-ring (bicyclic) bond motifs is 1. The quantitative estimate of drug-likeness (QED) is 0.613. The van der Waals surface area contributed by atoms with Crippen LogP contribution in [-0.4, -0.2) is 31.7 Å². The molecule has 1 aromatic heterocycles. The molecule has 1 amide bonds. The van der Waals surface area contributed by atoms with Crippen molar-refractivity contribution in [3.63, 3.8) is 0 Å². The van der Waals surface area contributed by atoms with E-state index in [0.717, 1.165) is 28.6 Å². The second-order valence-electron chi connectivity index (χ2n) is 7.15. The van der Waals surface area contributed by atoms with E-state index in [4.69, 9.17) is 0 Å². The molecule has 1 aliphatic heterocycles. The van der Waals surface area contributed by atoms with Crippen molar-refractivity contribution in [1.29, 1.82) is 0 Å². The molecule has 7 nitrogen and oxygen atoms in total. The number of amidine groups is 1. The zero-order chi connectivity index (χ0) is 20.6. The summed E-state index contributed by atoms with van der Waals surface area (Å²) in [4.78, 5) is 20.2. The maximum Gasteiger partial charge on any atom is 0.262 e. The van der Waals surface area contributed by atoms with E-state index in [0.29, 0.717) is 30.1 Å². The third-order valence-electron chi connectivity index (χ3n) is 5.10. The Morgan fingerprint density at radius 2 is 1.97 bits per heavy atom. The number of nitrogens with one attached hydrogen (secondary N) is 3. The molecule has 3 N–H and O–H groups in total. The van der Waals surface area contributed by atoms with Crippen LogP contribution in [0.15, 0.2) is 52.4 Å². The topological polar surface area (TPSA) is 103 Å². The highest BCUT2D eigenvalue weighted by molar-refractivity contribution is 7.90. The molecule has 0 saturated carbocycles. The molecule has 150 valence electrons. The minimum absolute atomic E-state index is 0.0810. The summed E-state index contributed by atoms with van der Waals surface area (Å²) >= 11 is 0. The number of aromatic amines is 1. The molecule has 8 heteroatoms. The standard InChI is InChI=1S/C21H22N4O3S/c1-13-14(2)23-19-9-8-15(11-18(13)19)21(26)24-16-5-3-6-17(12-16)29(27,28)25-20-7-4-10-22-20/h3,5-6,8-9,11-12,23H,4,7,10H2,1-2H3,(H,22,25)(H,24,26). The van der Waals surface area contributed by atoms with Crippen LogP contribution in [-0.2, 0) is 10.0 Å². The van der Waals surface area contributed by atoms with Gasteiger partial charge in [0.25, 0.3) is 15.9 Å². The number of benzene rings is 2. The molecule has 2 aromatic carbocycles. The van der Waals surface area contributed by atoms with Crippen molar-refractivity contribution < 1.29 is 13.2 Å². The summed E-state index contributed by atoms with van der Waals surface area (Å²) in [6.07, 6.45) is 1.47. The van der Waals surface area contributed by atoms with Crippen LogP contribution in [0.5, 0.6) is 0 Å². The maximum atomic E-state index is 12.7. The average Bonchev–Trinajstić information content (AvgIpc) is 3.29. The number of aliphatic imine (C=N–C) groups is 1. The van der Waals surface area contributed by atoms with E-state index in [1.165, 1.54) is 12.1 Å². The number of anilines is 1. The number of hydrogen-bond donors (Lipinski definition) is 3. The van der Waals surface area contributed by atoms with Gasteiger partial charge in [-0.15, -0.1) is 0 Å². The fraction of sp³-hybridized carbons (Fsp3) is 0.238. The third kappa shape index (κ3) is 3.88. The molecular formula is C21H22N4O3S. The summed E-state index contributed by atoms with van der Waals surface area (Å²) in [6.45, 7) is 4.64. The smallest absolute Gasteiger partial charge is 0.262 e. The third-order valence-corrected chi connectivity index (χ3v) is 6.48. The fourth-order valence-corrected chi connectivity index (χ4v) is 4.52. The van der Waals surface area contributed by atoms with Crippen molar-refractivity contribution in [2.75, 3.05) is 11.9 Å². The van der Waals surface area contributed by atoms with Crippen LogP contribution in [0.3, 0.4) is 0 Å². The number of rotatable bonds is 4. The molecule has 29 heavy (non-hydrogen) atoms. The predicted octanol–water partition coefficient (Wildman–Crippen LogP) is 3.51. The molecule has 0 fully saturated rings. The van der Waals surface area contributed by atoms with Gasteiger partial charge in [-0.25, -0.2) is 8.42 Å². The lowest BCUT2D eigenvalue weighted by Gasteiger charge is -2.10. The Kier molecular flexibility index (Phi) is 4.87. The summed E-state index contributed by atoms with van der Waals surface area (Å²) in [5, 5.41) is 3.78. The predicted molar refractivity (Wildman–Crippen MR) is 114 cm³/mol. The monoisotopic (exact) mass is 410 g/mol. The lowest BCUT2D eigenvalue weighted by molar-refractivity contribution is 0.102. The van der Waals surface area contributed by atoms with Crippen LogP contribution < -0.4 is 10.0 Å². The van der Waals surface area contributed by atoms with Crippen molar-refractivity contribution in [1.82, 2.24) is 9.71 Å². The second kappa shape index (κ2) is 7.36. The van der Waals surface area contributed by atoms with E-state index < -0.39 is 10.0 Å². The van der Waals surface area contributed by atoms with Gasteiger partial charge in [-0.05, 0) is 62.2 Å². The van der Waals surface area contributed by atoms with Gasteiger partial charge < -0.3 is 10.3 Å². The Labute approximate surface area is 169 Å². The SMILES string of the molecule is Cc1[nH]c2ccc(C(=O)Nc3cccc(S(=O)(=O)NC4=NCCC4)c3)cc2c1C. The van der Waals surface area contributed by atoms with Gasteiger partial charge in [0, 0.05) is 40.8 Å². The van der Waals surface area contributed by atoms with Gasteiger partial charge in [0.05, 0.1) is 4.90 Å². The molecular weight excluding hydrogens is 388 g/mol. The van der Waals surface area contributed by atoms with Gasteiger partial charge in [0.1, 0.15) is 5.84 Å². The van der Waals surface area contributed by atoms with Gasteiger partial charge in [0.2, 0.25) is 0 Å². The first-order valence-corrected chi connectivity index (χ1v) is 10.9. The molecule has 0 radical (unpaired) electrons. The largest absolute Gasteiger partial charge is 0.358 e. The van der Waals surface area contributed by atoms with E-state index in [2.05, 4.69) is 20.0 Å². The number of aromatic nitrogens is 1. The number of carbonyl (C=O) groups excluding carboxylic acids is 1. The zero-order valence-corrected chi connectivity index (χ0v) is 17.1. The van der Waals surface area contributed by atoms with Gasteiger partial charge in [-0.3, -0.25) is 14.5 Å². The van der Waals surface area contributed by atoms with E-state index in [1.807, 2.05) is 26.0 Å². The van der Waals surface area contributed by atoms with Gasteiger partial charge in [-0.2, -0.15) is 0 Å². The molecule has 0 unspecified atom stereocenters. The number of H-pyrrole nitrogens is 1. The van der Waals surface area contributed by atoms with Crippen molar-refractivity contribution in [2.24, 2.45) is 4.99 Å². The lowest BCUT2D eigenvalue weighted by Crippen LogP contribution is -2.29. The van der Waals surface area contributed by atoms with Crippen LogP contribution >= 0.6 is 0 Å². The van der Waals surface area contributed by atoms with Crippen molar-refractivity contribution in [3.05, 3.63) is 59.3 Å². The van der Waals surface area contributed by atoms with Crippen molar-refractivity contribution in [3.8, 4) is 0 Å². The van der Waals surface area contributed by atoms with E-state index in [9.17, 15) is 13.2 Å². The summed E-state index contributed by atoms with van der Waals surface area (Å²) in [5.74, 6) is 0.178. The first-order valence-electron chi connectivity index (χ1n) is 9.40. The average molecular weight is 410 g/mol. The summed E-state index contributed by atoms with van der Waals surface area (Å²) < 4.78 is 27.7. The fourth-order valence-electron chi connectivity index (χ4n) is 3.38. The van der Waals surface area contributed by atoms with E-state index >= 15 is 0 Å². The summed E-state index contributed by atoms with van der Waals surface area (Å²) in [6, 6.07) is 11.7. The molecule has 1 aliphatic rings. The molecule has 4 rings (SSSR count). The Morgan fingerprint density at radius 3 is 2.72 bits per heavy atom.